The molecule has 1 fully saturated rings. The van der Waals surface area contributed by atoms with Crippen molar-refractivity contribution in [1.29, 1.82) is 0 Å². The predicted molar refractivity (Wildman–Crippen MR) is 119 cm³/mol. The number of alkyl halides is 3. The lowest BCUT2D eigenvalue weighted by atomic mass is 9.76. The van der Waals surface area contributed by atoms with E-state index in [0.29, 0.717) is 5.69 Å². The molecule has 7 nitrogen and oxygen atoms in total. The molecule has 0 saturated carbocycles. The molecule has 34 heavy (non-hydrogen) atoms. The maximum atomic E-state index is 13.1. The van der Waals surface area contributed by atoms with E-state index in [1.54, 1.807) is 18.2 Å². The van der Waals surface area contributed by atoms with Crippen molar-refractivity contribution in [3.05, 3.63) is 53.3 Å². The van der Waals surface area contributed by atoms with E-state index in [0.717, 1.165) is 30.1 Å². The second-order valence-electron chi connectivity index (χ2n) is 9.08. The summed E-state index contributed by atoms with van der Waals surface area (Å²) in [6, 6.07) is 8.06. The van der Waals surface area contributed by atoms with Gasteiger partial charge in [-0.15, -0.1) is 0 Å². The van der Waals surface area contributed by atoms with Crippen molar-refractivity contribution >= 4 is 30.1 Å². The number of carbonyl (C=O) groups is 2. The number of esters is 1. The first kappa shape index (κ1) is 25.7. The van der Waals surface area contributed by atoms with Gasteiger partial charge < -0.3 is 19.4 Å². The van der Waals surface area contributed by atoms with Gasteiger partial charge in [0, 0.05) is 12.6 Å². The lowest BCUT2D eigenvalue weighted by molar-refractivity contribution is -0.153. The van der Waals surface area contributed by atoms with Gasteiger partial charge in [-0.3, -0.25) is 9.59 Å². The van der Waals surface area contributed by atoms with Crippen molar-refractivity contribution in [2.75, 3.05) is 5.32 Å². The molecule has 2 heterocycles. The maximum absolute atomic E-state index is 13.1. The Labute approximate surface area is 196 Å². The molecule has 1 atom stereocenters. The number of rotatable bonds is 5. The molecule has 182 valence electrons. The number of nitrogens with one attached hydrogen (secondary N) is 1. The number of aromatic nitrogens is 1. The zero-order valence-corrected chi connectivity index (χ0v) is 19.7. The maximum Gasteiger partial charge on any atom is 0.495 e. The van der Waals surface area contributed by atoms with Crippen LogP contribution in [0.15, 0.2) is 36.4 Å². The Morgan fingerprint density at radius 2 is 1.71 bits per heavy atom. The number of aryl methyl sites for hydroxylation is 1. The van der Waals surface area contributed by atoms with Crippen molar-refractivity contribution in [1.82, 2.24) is 4.98 Å². The molecule has 1 unspecified atom stereocenters. The third-order valence-electron chi connectivity index (χ3n) is 5.90. The third kappa shape index (κ3) is 5.42. The Morgan fingerprint density at radius 1 is 1.09 bits per heavy atom. The standard InChI is InChI=1S/C23H26BF3N2O5/c1-13-12-15(10-11-16(13)24-33-21(3,4)22(5,6)34-24)28-20(31)19(32-14(2)30)17-8-7-9-18(29-17)23(25,26)27/h7-12,19H,1-6H3,(H,28,31). The van der Waals surface area contributed by atoms with Gasteiger partial charge >= 0.3 is 19.3 Å². The molecule has 0 spiro atoms. The largest absolute Gasteiger partial charge is 0.495 e. The quantitative estimate of drug-likeness (QED) is 0.518. The van der Waals surface area contributed by atoms with Gasteiger partial charge in [-0.25, -0.2) is 4.98 Å². The summed E-state index contributed by atoms with van der Waals surface area (Å²) < 4.78 is 56.3. The Hall–Kier alpha value is -2.92. The highest BCUT2D eigenvalue weighted by atomic mass is 19.4. The molecule has 0 aliphatic carbocycles. The zero-order valence-electron chi connectivity index (χ0n) is 19.7. The first-order valence-electron chi connectivity index (χ1n) is 10.6. The summed E-state index contributed by atoms with van der Waals surface area (Å²) in [5.74, 6) is -1.68. The Balaban J connectivity index is 1.83. The number of anilines is 1. The monoisotopic (exact) mass is 478 g/mol. The van der Waals surface area contributed by atoms with Gasteiger partial charge in [0.05, 0.1) is 16.9 Å². The van der Waals surface area contributed by atoms with Crippen molar-refractivity contribution in [2.24, 2.45) is 0 Å². The molecule has 1 aromatic carbocycles. The van der Waals surface area contributed by atoms with Gasteiger partial charge in [0.2, 0.25) is 6.10 Å². The molecular formula is C23H26BF3N2O5. The molecule has 1 aliphatic rings. The molecule has 11 heteroatoms. The van der Waals surface area contributed by atoms with Crippen LogP contribution < -0.4 is 10.8 Å². The van der Waals surface area contributed by atoms with Crippen molar-refractivity contribution in [2.45, 2.75) is 65.0 Å². The van der Waals surface area contributed by atoms with Crippen LogP contribution in [0, 0.1) is 6.92 Å². The van der Waals surface area contributed by atoms with Gasteiger partial charge in [-0.2, -0.15) is 13.2 Å². The number of hydrogen-bond donors (Lipinski definition) is 1. The number of nitrogens with zero attached hydrogens (tertiary/aromatic N) is 1. The molecular weight excluding hydrogens is 452 g/mol. The minimum atomic E-state index is -4.71. The smallest absolute Gasteiger partial charge is 0.446 e. The minimum Gasteiger partial charge on any atom is -0.446 e. The van der Waals surface area contributed by atoms with Crippen LogP contribution in [0.2, 0.25) is 0 Å². The topological polar surface area (TPSA) is 86.8 Å². The fourth-order valence-corrected chi connectivity index (χ4v) is 3.37. The Kier molecular flexibility index (Phi) is 6.83. The average Bonchev–Trinajstić information content (AvgIpc) is 2.92. The molecule has 2 aromatic rings. The SMILES string of the molecule is CC(=O)OC(C(=O)Nc1ccc(B2OC(C)(C)C(C)(C)O2)c(C)c1)c1cccc(C(F)(F)F)n1. The van der Waals surface area contributed by atoms with Crippen LogP contribution in [0.3, 0.4) is 0 Å². The van der Waals surface area contributed by atoms with Crippen molar-refractivity contribution < 1.29 is 36.8 Å². The summed E-state index contributed by atoms with van der Waals surface area (Å²) in [5.41, 5.74) is -0.693. The van der Waals surface area contributed by atoms with Gasteiger partial charge in [0.1, 0.15) is 5.69 Å². The first-order chi connectivity index (χ1) is 15.6. The fourth-order valence-electron chi connectivity index (χ4n) is 3.37. The molecule has 1 N–H and O–H groups in total. The van der Waals surface area contributed by atoms with E-state index >= 15 is 0 Å². The van der Waals surface area contributed by atoms with Gasteiger partial charge in [-0.1, -0.05) is 12.1 Å². The van der Waals surface area contributed by atoms with Crippen LogP contribution in [-0.2, 0) is 29.8 Å². The van der Waals surface area contributed by atoms with Gasteiger partial charge in [0.15, 0.2) is 0 Å². The molecule has 1 aliphatic heterocycles. The number of ether oxygens (including phenoxy) is 1. The lowest BCUT2D eigenvalue weighted by Crippen LogP contribution is -2.41. The van der Waals surface area contributed by atoms with E-state index in [-0.39, 0.29) is 5.69 Å². The summed E-state index contributed by atoms with van der Waals surface area (Å²) in [7, 11) is -0.599. The van der Waals surface area contributed by atoms with Crippen LogP contribution in [0.5, 0.6) is 0 Å². The predicted octanol–water partition coefficient (Wildman–Crippen LogP) is 3.95. The van der Waals surface area contributed by atoms with Crippen LogP contribution >= 0.6 is 0 Å². The van der Waals surface area contributed by atoms with E-state index < -0.39 is 48.2 Å². The average molecular weight is 478 g/mol. The fraction of sp³-hybridized carbons (Fsp3) is 0.435. The highest BCUT2D eigenvalue weighted by Gasteiger charge is 2.52. The molecule has 0 bridgehead atoms. The number of benzene rings is 1. The minimum absolute atomic E-state index is 0.340. The number of hydrogen-bond acceptors (Lipinski definition) is 6. The van der Waals surface area contributed by atoms with E-state index in [1.807, 2.05) is 34.6 Å². The van der Waals surface area contributed by atoms with Crippen LogP contribution in [0.25, 0.3) is 0 Å². The lowest BCUT2D eigenvalue weighted by Gasteiger charge is -2.32. The molecule has 0 radical (unpaired) electrons. The summed E-state index contributed by atoms with van der Waals surface area (Å²) in [4.78, 5) is 27.9. The van der Waals surface area contributed by atoms with E-state index in [9.17, 15) is 22.8 Å². The van der Waals surface area contributed by atoms with Crippen LogP contribution in [0.1, 0.15) is 57.7 Å². The second kappa shape index (κ2) is 9.03. The summed E-state index contributed by atoms with van der Waals surface area (Å²) in [6.45, 7) is 10.6. The van der Waals surface area contributed by atoms with Crippen molar-refractivity contribution in [3.8, 4) is 0 Å². The van der Waals surface area contributed by atoms with E-state index in [4.69, 9.17) is 14.0 Å². The molecule has 1 aromatic heterocycles. The zero-order chi connectivity index (χ0) is 25.5. The van der Waals surface area contributed by atoms with Gasteiger partial charge in [0.25, 0.3) is 5.91 Å². The summed E-state index contributed by atoms with van der Waals surface area (Å²) in [6.07, 6.45) is -6.38. The van der Waals surface area contributed by atoms with Crippen LogP contribution in [0.4, 0.5) is 18.9 Å². The van der Waals surface area contributed by atoms with E-state index in [1.165, 1.54) is 6.07 Å². The molecule has 1 saturated heterocycles. The number of amides is 1. The number of pyridine rings is 1. The van der Waals surface area contributed by atoms with Crippen LogP contribution in [-0.4, -0.2) is 35.2 Å². The highest BCUT2D eigenvalue weighted by Crippen LogP contribution is 2.37. The van der Waals surface area contributed by atoms with E-state index in [2.05, 4.69) is 10.3 Å². The third-order valence-corrected chi connectivity index (χ3v) is 5.90. The molecule has 1 amide bonds. The summed E-state index contributed by atoms with van der Waals surface area (Å²) >= 11 is 0. The van der Waals surface area contributed by atoms with Crippen molar-refractivity contribution in [3.63, 3.8) is 0 Å². The first-order valence-corrected chi connectivity index (χ1v) is 10.6. The number of carbonyl (C=O) groups excluding carboxylic acids is 2. The Bertz CT molecular complexity index is 1090. The number of halogens is 3. The summed E-state index contributed by atoms with van der Waals surface area (Å²) in [5, 5.41) is 2.58. The second-order valence-corrected chi connectivity index (χ2v) is 9.08. The molecule has 3 rings (SSSR count). The van der Waals surface area contributed by atoms with Gasteiger partial charge in [-0.05, 0) is 69.9 Å². The highest BCUT2D eigenvalue weighted by molar-refractivity contribution is 6.62. The normalized spacial score (nSPS) is 17.9. The Morgan fingerprint density at radius 3 is 2.24 bits per heavy atom.